The van der Waals surface area contributed by atoms with Gasteiger partial charge in [0.15, 0.2) is 0 Å². The zero-order valence-electron chi connectivity index (χ0n) is 16.2. The maximum atomic E-state index is 5.75. The van der Waals surface area contributed by atoms with Crippen molar-refractivity contribution >= 4 is 0 Å². The van der Waals surface area contributed by atoms with Crippen LogP contribution in [0.15, 0.2) is 48.5 Å². The number of hydrogen-bond donors (Lipinski definition) is 0. The zero-order chi connectivity index (χ0) is 17.5. The molecule has 0 aliphatic rings. The molecule has 118 valence electrons. The molecule has 21 heavy (non-hydrogen) atoms. The molecule has 2 aromatic carbocycles. The Balaban J connectivity index is 0. The van der Waals surface area contributed by atoms with Crippen LogP contribution in [0, 0.1) is 6.92 Å². The molecule has 0 spiro atoms. The highest BCUT2D eigenvalue weighted by molar-refractivity contribution is 5.69. The topological polar surface area (TPSA) is 0 Å². The largest absolute Gasteiger partial charge is 0.0776 e. The van der Waals surface area contributed by atoms with Crippen LogP contribution in [0.2, 0.25) is 0 Å². The van der Waals surface area contributed by atoms with Gasteiger partial charge in [0, 0.05) is 1.37 Å². The van der Waals surface area contributed by atoms with Crippen molar-refractivity contribution in [1.82, 2.24) is 0 Å². The van der Waals surface area contributed by atoms with E-state index in [1.807, 2.05) is 27.7 Å². The van der Waals surface area contributed by atoms with E-state index in [9.17, 15) is 0 Å². The summed E-state index contributed by atoms with van der Waals surface area (Å²) in [6.45, 7) is 14.7. The van der Waals surface area contributed by atoms with Crippen LogP contribution in [-0.4, -0.2) is 0 Å². The van der Waals surface area contributed by atoms with Crippen molar-refractivity contribution in [3.63, 3.8) is 0 Å². The van der Waals surface area contributed by atoms with Gasteiger partial charge in [-0.25, -0.2) is 0 Å². The van der Waals surface area contributed by atoms with Crippen molar-refractivity contribution in [3.8, 4) is 11.1 Å². The lowest BCUT2D eigenvalue weighted by molar-refractivity contribution is 0.859. The van der Waals surface area contributed by atoms with Gasteiger partial charge in [-0.2, -0.15) is 0 Å². The van der Waals surface area contributed by atoms with Crippen LogP contribution in [0.5, 0.6) is 0 Å². The van der Waals surface area contributed by atoms with E-state index in [2.05, 4.69) is 69.3 Å². The summed E-state index contributed by atoms with van der Waals surface area (Å²) in [6, 6.07) is 17.2. The Hall–Kier alpha value is -1.56. The van der Waals surface area contributed by atoms with E-state index in [1.54, 1.807) is 0 Å². The molecule has 0 saturated heterocycles. The summed E-state index contributed by atoms with van der Waals surface area (Å²) in [5.41, 5.74) is 5.54. The van der Waals surface area contributed by atoms with Crippen molar-refractivity contribution < 1.29 is 1.37 Å². The molecular weight excluding hydrogens is 252 g/mol. The average molecular weight is 288 g/mol. The van der Waals surface area contributed by atoms with Gasteiger partial charge in [-0.05, 0) is 35.1 Å². The predicted molar refractivity (Wildman–Crippen MR) is 100 cm³/mol. The molecule has 0 unspecified atom stereocenters. The minimum absolute atomic E-state index is 0.566. The molecule has 0 aliphatic heterocycles. The van der Waals surface area contributed by atoms with Gasteiger partial charge < -0.3 is 0 Å². The molecule has 2 aromatic rings. The van der Waals surface area contributed by atoms with E-state index >= 15 is 0 Å². The summed E-state index contributed by atoms with van der Waals surface area (Å²) in [5.74, 6) is 0.566. The van der Waals surface area contributed by atoms with Crippen LogP contribution in [0.4, 0.5) is 0 Å². The van der Waals surface area contributed by atoms with Crippen LogP contribution in [0.25, 0.3) is 11.1 Å². The standard InChI is InChI=1S/C16H18.2C2H6.CH4/c1-12(2)16-13(3)8-7-11-15(16)14-9-5-4-6-10-14;2*1-2;/h4-12H,1-3H3;2*1-2H3;1H4/i;;;1D. The van der Waals surface area contributed by atoms with Gasteiger partial charge in [0.1, 0.15) is 0 Å². The molecule has 0 N–H and O–H groups in total. The van der Waals surface area contributed by atoms with E-state index in [4.69, 9.17) is 1.37 Å². The minimum atomic E-state index is 0.566. The maximum Gasteiger partial charge on any atom is 0.0194 e. The lowest BCUT2D eigenvalue weighted by Crippen LogP contribution is -1.95. The fourth-order valence-corrected chi connectivity index (χ4v) is 2.32. The van der Waals surface area contributed by atoms with Gasteiger partial charge in [0.25, 0.3) is 0 Å². The third kappa shape index (κ3) is 6.16. The SMILES string of the molecule is CC.CC.Cc1cccc(-c2ccccc2)c1C(C)C.[2H]C. The third-order valence-corrected chi connectivity index (χ3v) is 2.99. The minimum Gasteiger partial charge on any atom is -0.0776 e. The molecule has 0 saturated carbocycles. The van der Waals surface area contributed by atoms with Crippen molar-refractivity contribution in [2.75, 3.05) is 0 Å². The van der Waals surface area contributed by atoms with E-state index in [0.29, 0.717) is 5.92 Å². The Kier molecular flexibility index (Phi) is 11.3. The monoisotopic (exact) mass is 287 g/mol. The highest BCUT2D eigenvalue weighted by Gasteiger charge is 2.10. The van der Waals surface area contributed by atoms with Crippen LogP contribution >= 0.6 is 0 Å². The third-order valence-electron chi connectivity index (χ3n) is 2.99. The van der Waals surface area contributed by atoms with E-state index in [1.165, 1.54) is 29.7 Å². The van der Waals surface area contributed by atoms with Crippen LogP contribution in [0.3, 0.4) is 0 Å². The Morgan fingerprint density at radius 1 is 0.810 bits per heavy atom. The van der Waals surface area contributed by atoms with Crippen molar-refractivity contribution in [2.45, 2.75) is 61.8 Å². The summed E-state index contributed by atoms with van der Waals surface area (Å²) in [6.07, 6.45) is 0. The summed E-state index contributed by atoms with van der Waals surface area (Å²) in [7, 11) is 1.25. The molecular formula is C21H34. The highest BCUT2D eigenvalue weighted by atomic mass is 14.1. The predicted octanol–water partition coefficient (Wildman–Crippen LogP) is 7.47. The lowest BCUT2D eigenvalue weighted by Gasteiger charge is -2.16. The van der Waals surface area contributed by atoms with Crippen LogP contribution < -0.4 is 0 Å². The molecule has 2 rings (SSSR count). The Bertz CT molecular complexity index is 473. The number of aryl methyl sites for hydroxylation is 1. The summed E-state index contributed by atoms with van der Waals surface area (Å²) >= 11 is 0. The van der Waals surface area contributed by atoms with Gasteiger partial charge >= 0.3 is 0 Å². The smallest absolute Gasteiger partial charge is 0.0194 e. The van der Waals surface area contributed by atoms with E-state index < -0.39 is 0 Å². The average Bonchev–Trinajstić information content (AvgIpc) is 2.60. The molecule has 0 radical (unpaired) electrons. The first-order valence-corrected chi connectivity index (χ1v) is 7.85. The van der Waals surface area contributed by atoms with Gasteiger partial charge in [0.2, 0.25) is 0 Å². The Morgan fingerprint density at radius 2 is 1.33 bits per heavy atom. The number of rotatable bonds is 2. The molecule has 0 heteroatoms. The zero-order valence-corrected chi connectivity index (χ0v) is 15.2. The molecule has 0 amide bonds. The summed E-state index contributed by atoms with van der Waals surface area (Å²) in [5, 5.41) is 0. The second-order valence-electron chi connectivity index (χ2n) is 4.56. The van der Waals surface area contributed by atoms with Crippen LogP contribution in [-0.2, 0) is 0 Å². The van der Waals surface area contributed by atoms with Gasteiger partial charge in [-0.15, -0.1) is 0 Å². The van der Waals surface area contributed by atoms with Crippen molar-refractivity contribution in [2.24, 2.45) is 0 Å². The molecule has 0 nitrogen and oxygen atoms in total. The van der Waals surface area contributed by atoms with Crippen molar-refractivity contribution in [3.05, 3.63) is 59.7 Å². The highest BCUT2D eigenvalue weighted by Crippen LogP contribution is 2.31. The quantitative estimate of drug-likeness (QED) is 0.537. The Labute approximate surface area is 134 Å². The molecule has 0 aromatic heterocycles. The fourth-order valence-electron chi connectivity index (χ4n) is 2.32. The molecule has 0 aliphatic carbocycles. The normalized spacial score (nSPS) is 9.10. The van der Waals surface area contributed by atoms with E-state index in [0.717, 1.165) is 0 Å². The fraction of sp³-hybridized carbons (Fsp3) is 0.429. The molecule has 0 bridgehead atoms. The second kappa shape index (κ2) is 12.2. The Morgan fingerprint density at radius 3 is 1.81 bits per heavy atom. The first-order chi connectivity index (χ1) is 10.7. The van der Waals surface area contributed by atoms with Gasteiger partial charge in [-0.3, -0.25) is 0 Å². The number of benzene rings is 2. The van der Waals surface area contributed by atoms with E-state index in [-0.39, 0.29) is 0 Å². The first-order valence-electron chi connectivity index (χ1n) is 8.85. The molecule has 0 atom stereocenters. The summed E-state index contributed by atoms with van der Waals surface area (Å²) < 4.78 is 5.75. The first kappa shape index (κ1) is 19.4. The lowest BCUT2D eigenvalue weighted by atomic mass is 9.89. The second-order valence-corrected chi connectivity index (χ2v) is 4.56. The summed E-state index contributed by atoms with van der Waals surface area (Å²) in [4.78, 5) is 0. The molecule has 0 heterocycles. The van der Waals surface area contributed by atoms with Gasteiger partial charge in [0.05, 0.1) is 0 Å². The molecule has 0 fully saturated rings. The van der Waals surface area contributed by atoms with Crippen molar-refractivity contribution in [1.29, 1.82) is 0 Å². The maximum absolute atomic E-state index is 5.75. The number of hydrogen-bond acceptors (Lipinski definition) is 0. The van der Waals surface area contributed by atoms with Gasteiger partial charge in [-0.1, -0.05) is 97.5 Å². The van der Waals surface area contributed by atoms with Crippen LogP contribution in [0.1, 0.15) is 67.4 Å².